The van der Waals surface area contributed by atoms with Crippen molar-refractivity contribution in [3.8, 4) is 22.3 Å². The standard InChI is InChI=1S/C22H20N4O2S/c23-13-16(22(27)24-14-19-8-4-10-28-19)12-17-15-26(18-6-2-1-3-7-18)25-21(17)20-9-5-11-29-20/h1-3,5-7,9,11-12,15,19H,4,8,10,14H2,(H,24,27)/b16-12+. The lowest BCUT2D eigenvalue weighted by Crippen LogP contribution is -2.32. The van der Waals surface area contributed by atoms with Crippen LogP contribution in [0.5, 0.6) is 0 Å². The van der Waals surface area contributed by atoms with Crippen LogP contribution >= 0.6 is 11.3 Å². The fourth-order valence-electron chi connectivity index (χ4n) is 3.22. The van der Waals surface area contributed by atoms with E-state index in [2.05, 4.69) is 5.32 Å². The Morgan fingerprint density at radius 1 is 1.34 bits per heavy atom. The molecule has 7 heteroatoms. The lowest BCUT2D eigenvalue weighted by atomic mass is 10.1. The van der Waals surface area contributed by atoms with Crippen LogP contribution in [0, 0.1) is 11.3 Å². The van der Waals surface area contributed by atoms with Gasteiger partial charge in [0.2, 0.25) is 0 Å². The molecule has 1 aliphatic rings. The van der Waals surface area contributed by atoms with E-state index >= 15 is 0 Å². The highest BCUT2D eigenvalue weighted by Crippen LogP contribution is 2.29. The first-order valence-electron chi connectivity index (χ1n) is 9.45. The number of nitrogens with one attached hydrogen (secondary N) is 1. The van der Waals surface area contributed by atoms with Gasteiger partial charge >= 0.3 is 0 Å². The van der Waals surface area contributed by atoms with Gasteiger partial charge in [0, 0.05) is 24.9 Å². The molecule has 1 fully saturated rings. The van der Waals surface area contributed by atoms with Crippen molar-refractivity contribution in [3.63, 3.8) is 0 Å². The monoisotopic (exact) mass is 404 g/mol. The number of aromatic nitrogens is 2. The summed E-state index contributed by atoms with van der Waals surface area (Å²) in [5.41, 5.74) is 2.42. The number of carbonyl (C=O) groups excluding carboxylic acids is 1. The summed E-state index contributed by atoms with van der Waals surface area (Å²) in [6, 6.07) is 15.7. The predicted octanol–water partition coefficient (Wildman–Crippen LogP) is 3.80. The zero-order valence-electron chi connectivity index (χ0n) is 15.7. The molecule has 0 radical (unpaired) electrons. The first-order chi connectivity index (χ1) is 14.2. The number of hydrogen-bond donors (Lipinski definition) is 1. The molecule has 1 aliphatic heterocycles. The van der Waals surface area contributed by atoms with Gasteiger partial charge in [-0.15, -0.1) is 11.3 Å². The summed E-state index contributed by atoms with van der Waals surface area (Å²) in [5, 5.41) is 19.0. The summed E-state index contributed by atoms with van der Waals surface area (Å²) >= 11 is 1.56. The zero-order valence-corrected chi connectivity index (χ0v) is 16.6. The van der Waals surface area contributed by atoms with Crippen molar-refractivity contribution in [2.24, 2.45) is 0 Å². The third kappa shape index (κ3) is 4.45. The van der Waals surface area contributed by atoms with Gasteiger partial charge in [0.1, 0.15) is 17.3 Å². The fourth-order valence-corrected chi connectivity index (χ4v) is 3.95. The van der Waals surface area contributed by atoms with Gasteiger partial charge in [-0.3, -0.25) is 4.79 Å². The summed E-state index contributed by atoms with van der Waals surface area (Å²) in [4.78, 5) is 13.5. The minimum Gasteiger partial charge on any atom is -0.376 e. The molecule has 3 heterocycles. The molecule has 0 aliphatic carbocycles. The average molecular weight is 404 g/mol. The van der Waals surface area contributed by atoms with Crippen molar-refractivity contribution in [3.05, 3.63) is 65.2 Å². The van der Waals surface area contributed by atoms with Crippen molar-refractivity contribution in [2.45, 2.75) is 18.9 Å². The molecule has 3 aromatic rings. The van der Waals surface area contributed by atoms with Crippen molar-refractivity contribution in [1.29, 1.82) is 5.26 Å². The van der Waals surface area contributed by atoms with Crippen LogP contribution in [0.4, 0.5) is 0 Å². The number of ether oxygens (including phenoxy) is 1. The number of nitriles is 1. The van der Waals surface area contributed by atoms with Crippen LogP contribution in [0.15, 0.2) is 59.6 Å². The van der Waals surface area contributed by atoms with Crippen LogP contribution in [0.25, 0.3) is 22.3 Å². The van der Waals surface area contributed by atoms with E-state index < -0.39 is 5.91 Å². The average Bonchev–Trinajstić information content (AvgIpc) is 3.52. The third-order valence-corrected chi connectivity index (χ3v) is 5.57. The van der Waals surface area contributed by atoms with Crippen LogP contribution in [0.1, 0.15) is 18.4 Å². The van der Waals surface area contributed by atoms with E-state index in [4.69, 9.17) is 9.84 Å². The van der Waals surface area contributed by atoms with Gasteiger partial charge in [-0.05, 0) is 42.5 Å². The van der Waals surface area contributed by atoms with Crippen LogP contribution in [-0.4, -0.2) is 34.9 Å². The molecule has 1 unspecified atom stereocenters. The Morgan fingerprint density at radius 2 is 2.21 bits per heavy atom. The number of amides is 1. The summed E-state index contributed by atoms with van der Waals surface area (Å²) in [5.74, 6) is -0.396. The minimum atomic E-state index is -0.396. The second-order valence-corrected chi connectivity index (χ2v) is 7.65. The second kappa shape index (κ2) is 8.86. The zero-order chi connectivity index (χ0) is 20.1. The van der Waals surface area contributed by atoms with Gasteiger partial charge < -0.3 is 10.1 Å². The Hall–Kier alpha value is -3.21. The van der Waals surface area contributed by atoms with Crippen molar-refractivity contribution >= 4 is 23.3 Å². The number of nitrogens with zero attached hydrogens (tertiary/aromatic N) is 3. The maximum atomic E-state index is 12.5. The number of para-hydroxylation sites is 1. The van der Waals surface area contributed by atoms with Crippen molar-refractivity contribution < 1.29 is 9.53 Å². The Balaban J connectivity index is 1.63. The molecule has 1 aromatic carbocycles. The summed E-state index contributed by atoms with van der Waals surface area (Å²) in [6.07, 6.45) is 5.41. The predicted molar refractivity (Wildman–Crippen MR) is 112 cm³/mol. The molecule has 1 amide bonds. The highest BCUT2D eigenvalue weighted by atomic mass is 32.1. The van der Waals surface area contributed by atoms with Crippen molar-refractivity contribution in [2.75, 3.05) is 13.2 Å². The van der Waals surface area contributed by atoms with Gasteiger partial charge in [-0.25, -0.2) is 4.68 Å². The van der Waals surface area contributed by atoms with E-state index in [1.54, 1.807) is 22.1 Å². The molecular formula is C22H20N4O2S. The molecule has 0 saturated carbocycles. The highest BCUT2D eigenvalue weighted by molar-refractivity contribution is 7.13. The number of hydrogen-bond acceptors (Lipinski definition) is 5. The SMILES string of the molecule is N#C/C(=C\c1cn(-c2ccccc2)nc1-c1cccs1)C(=O)NCC1CCCO1. The van der Waals surface area contributed by atoms with Crippen LogP contribution in [-0.2, 0) is 9.53 Å². The van der Waals surface area contributed by atoms with Gasteiger partial charge in [-0.1, -0.05) is 24.3 Å². The largest absolute Gasteiger partial charge is 0.376 e. The number of thiophene rings is 1. The maximum absolute atomic E-state index is 12.5. The molecule has 146 valence electrons. The summed E-state index contributed by atoms with van der Waals surface area (Å²) in [6.45, 7) is 1.14. The molecule has 2 aromatic heterocycles. The Kier molecular flexibility index (Phi) is 5.84. The van der Waals surface area contributed by atoms with Gasteiger partial charge in [-0.2, -0.15) is 10.4 Å². The Labute approximate surface area is 173 Å². The highest BCUT2D eigenvalue weighted by Gasteiger charge is 2.19. The number of rotatable bonds is 6. The number of carbonyl (C=O) groups is 1. The maximum Gasteiger partial charge on any atom is 0.262 e. The summed E-state index contributed by atoms with van der Waals surface area (Å²) < 4.78 is 7.29. The molecule has 6 nitrogen and oxygen atoms in total. The van der Waals surface area contributed by atoms with Gasteiger partial charge in [0.05, 0.1) is 16.7 Å². The quantitative estimate of drug-likeness (QED) is 0.501. The molecule has 1 N–H and O–H groups in total. The van der Waals surface area contributed by atoms with E-state index in [1.807, 2.05) is 60.1 Å². The number of benzene rings is 1. The van der Waals surface area contributed by atoms with E-state index in [0.29, 0.717) is 6.54 Å². The van der Waals surface area contributed by atoms with Crippen molar-refractivity contribution in [1.82, 2.24) is 15.1 Å². The molecule has 1 saturated heterocycles. The first-order valence-corrected chi connectivity index (χ1v) is 10.3. The normalized spacial score (nSPS) is 16.5. The Morgan fingerprint density at radius 3 is 2.90 bits per heavy atom. The van der Waals surface area contributed by atoms with Crippen LogP contribution in [0.2, 0.25) is 0 Å². The molecular weight excluding hydrogens is 384 g/mol. The molecule has 0 bridgehead atoms. The Bertz CT molecular complexity index is 1040. The van der Waals surface area contributed by atoms with E-state index in [1.165, 1.54) is 0 Å². The molecule has 0 spiro atoms. The third-order valence-electron chi connectivity index (χ3n) is 4.70. The summed E-state index contributed by atoms with van der Waals surface area (Å²) in [7, 11) is 0. The van der Waals surface area contributed by atoms with Crippen LogP contribution in [0.3, 0.4) is 0 Å². The second-order valence-electron chi connectivity index (χ2n) is 6.71. The molecule has 1 atom stereocenters. The topological polar surface area (TPSA) is 79.9 Å². The smallest absolute Gasteiger partial charge is 0.262 e. The molecule has 4 rings (SSSR count). The van der Waals surface area contributed by atoms with Gasteiger partial charge in [0.25, 0.3) is 5.91 Å². The van der Waals surface area contributed by atoms with E-state index in [0.717, 1.165) is 41.3 Å². The van der Waals surface area contributed by atoms with Crippen LogP contribution < -0.4 is 5.32 Å². The van der Waals surface area contributed by atoms with E-state index in [-0.39, 0.29) is 11.7 Å². The molecule has 29 heavy (non-hydrogen) atoms. The lowest BCUT2D eigenvalue weighted by Gasteiger charge is -2.10. The lowest BCUT2D eigenvalue weighted by molar-refractivity contribution is -0.117. The van der Waals surface area contributed by atoms with E-state index in [9.17, 15) is 10.1 Å². The fraction of sp³-hybridized carbons (Fsp3) is 0.227. The van der Waals surface area contributed by atoms with Gasteiger partial charge in [0.15, 0.2) is 0 Å². The minimum absolute atomic E-state index is 0.0291. The first kappa shape index (κ1) is 19.1.